The Bertz CT molecular complexity index is 889. The molecule has 0 saturated carbocycles. The maximum Gasteiger partial charge on any atom is 0.0991 e. The summed E-state index contributed by atoms with van der Waals surface area (Å²) in [5.74, 6) is 0. The van der Waals surface area contributed by atoms with Crippen molar-refractivity contribution in [2.24, 2.45) is 0 Å². The Morgan fingerprint density at radius 2 is 1.61 bits per heavy atom. The van der Waals surface area contributed by atoms with E-state index in [0.717, 1.165) is 51.7 Å². The molecule has 0 radical (unpaired) electrons. The summed E-state index contributed by atoms with van der Waals surface area (Å²) in [4.78, 5) is 2.38. The Labute approximate surface area is 191 Å². The lowest BCUT2D eigenvalue weighted by molar-refractivity contribution is -0.00445. The molecule has 7 heteroatoms. The van der Waals surface area contributed by atoms with Crippen molar-refractivity contribution in [3.8, 4) is 12.1 Å². The van der Waals surface area contributed by atoms with Gasteiger partial charge in [-0.25, -0.2) is 0 Å². The van der Waals surface area contributed by atoms with Gasteiger partial charge in [0, 0.05) is 33.4 Å². The van der Waals surface area contributed by atoms with Crippen LogP contribution < -0.4 is 0 Å². The molecule has 1 heterocycles. The molecule has 0 N–H and O–H groups in total. The largest absolute Gasteiger partial charge is 0.379 e. The highest BCUT2D eigenvalue weighted by Crippen LogP contribution is 2.22. The number of hydrogen-bond donors (Lipinski definition) is 0. The topological polar surface area (TPSA) is 60.0 Å². The van der Waals surface area contributed by atoms with E-state index in [-0.39, 0.29) is 0 Å². The summed E-state index contributed by atoms with van der Waals surface area (Å²) in [5, 5.41) is 18.2. The van der Waals surface area contributed by atoms with Gasteiger partial charge in [0.1, 0.15) is 0 Å². The first kappa shape index (κ1) is 23.1. The van der Waals surface area contributed by atoms with Crippen LogP contribution in [0.25, 0.3) is 0 Å². The van der Waals surface area contributed by atoms with Crippen LogP contribution in [0.1, 0.15) is 29.2 Å². The summed E-state index contributed by atoms with van der Waals surface area (Å²) in [7, 11) is 0. The molecule has 0 spiro atoms. The lowest BCUT2D eigenvalue weighted by Gasteiger charge is -2.33. The van der Waals surface area contributed by atoms with Gasteiger partial charge in [0.2, 0.25) is 0 Å². The minimum absolute atomic E-state index is 0.432. The predicted molar refractivity (Wildman–Crippen MR) is 121 cm³/mol. The maximum absolute atomic E-state index is 8.91. The molecule has 4 nitrogen and oxygen atoms in total. The second-order valence-electron chi connectivity index (χ2n) is 6.36. The van der Waals surface area contributed by atoms with Gasteiger partial charge in [0.15, 0.2) is 0 Å². The summed E-state index contributed by atoms with van der Waals surface area (Å²) in [6.45, 7) is 5.56. The van der Waals surface area contributed by atoms with E-state index in [4.69, 9.17) is 15.3 Å². The van der Waals surface area contributed by atoms with E-state index in [0.29, 0.717) is 17.2 Å². The second-order valence-corrected chi connectivity index (χ2v) is 8.63. The van der Waals surface area contributed by atoms with Crippen LogP contribution in [0, 0.1) is 22.7 Å². The summed E-state index contributed by atoms with van der Waals surface area (Å²) in [6.07, 6.45) is 0. The van der Waals surface area contributed by atoms with E-state index in [1.807, 2.05) is 30.3 Å². The fraction of sp³-hybridized carbons (Fsp3) is 0.333. The van der Waals surface area contributed by atoms with Gasteiger partial charge in [0.25, 0.3) is 0 Å². The molecule has 28 heavy (non-hydrogen) atoms. The molecule has 2 aromatic rings. The van der Waals surface area contributed by atoms with Crippen molar-refractivity contribution in [3.05, 3.63) is 67.6 Å². The number of halogens is 3. The molecule has 0 amide bonds. The minimum atomic E-state index is 0.432. The maximum atomic E-state index is 8.91. The van der Waals surface area contributed by atoms with Gasteiger partial charge in [-0.2, -0.15) is 10.5 Å². The Morgan fingerprint density at radius 1 is 1.04 bits per heavy atom. The van der Waals surface area contributed by atoms with Gasteiger partial charge < -0.3 is 4.74 Å². The van der Waals surface area contributed by atoms with Crippen molar-refractivity contribution in [1.29, 1.82) is 10.5 Å². The number of nitrogens with zero attached hydrogens (tertiary/aromatic N) is 3. The van der Waals surface area contributed by atoms with Crippen molar-refractivity contribution in [1.82, 2.24) is 4.90 Å². The average Bonchev–Trinajstić information content (AvgIpc) is 2.72. The normalized spacial score (nSPS) is 16.4. The Kier molecular flexibility index (Phi) is 9.64. The molecule has 0 bridgehead atoms. The first-order valence-corrected chi connectivity index (χ1v) is 11.4. The zero-order chi connectivity index (χ0) is 20.5. The predicted octanol–water partition coefficient (Wildman–Crippen LogP) is 5.76. The molecule has 1 saturated heterocycles. The highest BCUT2D eigenvalue weighted by Gasteiger charge is 2.19. The van der Waals surface area contributed by atoms with Crippen LogP contribution >= 0.6 is 47.8 Å². The molecule has 1 aliphatic rings. The molecule has 1 aliphatic heterocycles. The molecule has 0 unspecified atom stereocenters. The summed E-state index contributed by atoms with van der Waals surface area (Å²) < 4.78 is 7.52. The average molecular weight is 570 g/mol. The van der Waals surface area contributed by atoms with Crippen molar-refractivity contribution >= 4 is 47.8 Å². The highest BCUT2D eigenvalue weighted by atomic mass is 79.9. The molecule has 1 atom stereocenters. The molecular weight excluding hydrogens is 550 g/mol. The molecule has 2 aromatic carbocycles. The number of morpholine rings is 1. The molecular formula is C21H20Br3N3O. The Balaban J connectivity index is 0.000000221. The quantitative estimate of drug-likeness (QED) is 0.441. The van der Waals surface area contributed by atoms with Gasteiger partial charge in [0.05, 0.1) is 36.5 Å². The summed E-state index contributed by atoms with van der Waals surface area (Å²) in [5.41, 5.74) is 3.67. The van der Waals surface area contributed by atoms with E-state index in [1.54, 1.807) is 6.07 Å². The van der Waals surface area contributed by atoms with Crippen LogP contribution in [-0.4, -0.2) is 30.7 Å². The van der Waals surface area contributed by atoms with Gasteiger partial charge >= 0.3 is 0 Å². The van der Waals surface area contributed by atoms with Crippen LogP contribution in [-0.2, 0) is 16.6 Å². The summed E-state index contributed by atoms with van der Waals surface area (Å²) >= 11 is 10.3. The van der Waals surface area contributed by atoms with E-state index >= 15 is 0 Å². The minimum Gasteiger partial charge on any atom is -0.379 e. The number of hydrogen-bond acceptors (Lipinski definition) is 4. The third-order valence-corrected chi connectivity index (χ3v) is 6.52. The molecule has 146 valence electrons. The van der Waals surface area contributed by atoms with Crippen LogP contribution in [0.4, 0.5) is 0 Å². The number of ether oxygens (including phenoxy) is 1. The van der Waals surface area contributed by atoms with E-state index < -0.39 is 0 Å². The molecule has 0 aromatic heterocycles. The van der Waals surface area contributed by atoms with Gasteiger partial charge in [-0.3, -0.25) is 4.90 Å². The van der Waals surface area contributed by atoms with Gasteiger partial charge in [-0.1, -0.05) is 47.8 Å². The van der Waals surface area contributed by atoms with Crippen molar-refractivity contribution < 1.29 is 4.74 Å². The number of alkyl halides is 1. The van der Waals surface area contributed by atoms with Crippen LogP contribution in [0.3, 0.4) is 0 Å². The standard InChI is InChI=1S/C13H15BrN2O.C8H5Br2N/c1-10-9-17-5-4-16(10)8-12-6-11(7-15)2-3-13(12)14;9-4-7-3-6(5-11)1-2-8(7)10/h2-3,6,10H,4-5,8-9H2,1H3;1-3H,4H2/t10-;/m0./s1. The zero-order valence-electron chi connectivity index (χ0n) is 15.5. The fourth-order valence-electron chi connectivity index (χ4n) is 2.73. The van der Waals surface area contributed by atoms with Crippen molar-refractivity contribution in [3.63, 3.8) is 0 Å². The smallest absolute Gasteiger partial charge is 0.0991 e. The fourth-order valence-corrected chi connectivity index (χ4v) is 4.33. The first-order valence-electron chi connectivity index (χ1n) is 8.73. The van der Waals surface area contributed by atoms with Gasteiger partial charge in [-0.15, -0.1) is 0 Å². The van der Waals surface area contributed by atoms with E-state index in [2.05, 4.69) is 71.8 Å². The van der Waals surface area contributed by atoms with Crippen LogP contribution in [0.5, 0.6) is 0 Å². The first-order chi connectivity index (χ1) is 13.5. The second kappa shape index (κ2) is 11.7. The number of benzene rings is 2. The van der Waals surface area contributed by atoms with E-state index in [1.165, 1.54) is 0 Å². The SMILES string of the molecule is C[C@H]1COCCN1Cc1cc(C#N)ccc1Br.N#Cc1ccc(Br)c(CBr)c1. The summed E-state index contributed by atoms with van der Waals surface area (Å²) in [6, 6.07) is 16.0. The Hall–Kier alpha value is -1.22. The molecule has 0 aliphatic carbocycles. The van der Waals surface area contributed by atoms with E-state index in [9.17, 15) is 0 Å². The highest BCUT2D eigenvalue weighted by molar-refractivity contribution is 9.11. The van der Waals surface area contributed by atoms with Crippen molar-refractivity contribution in [2.75, 3.05) is 19.8 Å². The van der Waals surface area contributed by atoms with Crippen LogP contribution in [0.2, 0.25) is 0 Å². The third-order valence-electron chi connectivity index (χ3n) is 4.37. The monoisotopic (exact) mass is 567 g/mol. The lowest BCUT2D eigenvalue weighted by atomic mass is 10.1. The van der Waals surface area contributed by atoms with Crippen molar-refractivity contribution in [2.45, 2.75) is 24.8 Å². The molecule has 1 fully saturated rings. The molecule has 3 rings (SSSR count). The number of rotatable bonds is 3. The van der Waals surface area contributed by atoms with Gasteiger partial charge in [-0.05, 0) is 54.4 Å². The third kappa shape index (κ3) is 6.69. The van der Waals surface area contributed by atoms with Crippen LogP contribution in [0.15, 0.2) is 45.3 Å². The number of nitriles is 2. The Morgan fingerprint density at radius 3 is 2.14 bits per heavy atom. The zero-order valence-corrected chi connectivity index (χ0v) is 20.2. The lowest BCUT2D eigenvalue weighted by Crippen LogP contribution is -2.42.